The number of ketones is 1. The Morgan fingerprint density at radius 1 is 0.938 bits per heavy atom. The van der Waals surface area contributed by atoms with E-state index in [1.54, 1.807) is 12.1 Å². The topological polar surface area (TPSA) is 46.6 Å². The number of anilines is 1. The minimum absolute atomic E-state index is 0.198. The zero-order valence-electron chi connectivity index (χ0n) is 17.7. The number of carbonyl (C=O) groups excluding carboxylic acids is 2. The van der Waals surface area contributed by atoms with E-state index < -0.39 is 5.97 Å². The third-order valence-corrected chi connectivity index (χ3v) is 8.00. The largest absolute Gasteiger partial charge is 0.454 e. The van der Waals surface area contributed by atoms with E-state index in [4.69, 9.17) is 4.74 Å². The number of carbonyl (C=O) groups is 2. The van der Waals surface area contributed by atoms with Crippen LogP contribution in [0.5, 0.6) is 0 Å². The highest BCUT2D eigenvalue weighted by atomic mass is 79.9. The minimum Gasteiger partial charge on any atom is -0.454 e. The first-order valence-corrected chi connectivity index (χ1v) is 12.1. The normalized spacial score (nSPS) is 26.5. The molecule has 0 fully saturated rings. The Labute approximate surface area is 196 Å². The first-order chi connectivity index (χ1) is 15.6. The summed E-state index contributed by atoms with van der Waals surface area (Å²) in [6.07, 6.45) is 11.3. The molecule has 0 aromatic heterocycles. The first-order valence-electron chi connectivity index (χ1n) is 11.3. The van der Waals surface area contributed by atoms with Crippen molar-refractivity contribution in [3.05, 3.63) is 87.4 Å². The van der Waals surface area contributed by atoms with Gasteiger partial charge in [-0.1, -0.05) is 58.4 Å². The second-order valence-corrected chi connectivity index (χ2v) is 10.2. The molecule has 5 heteroatoms. The van der Waals surface area contributed by atoms with Gasteiger partial charge in [-0.3, -0.25) is 4.79 Å². The molecule has 2 aliphatic heterocycles. The second kappa shape index (κ2) is 7.73. The highest BCUT2D eigenvalue weighted by Crippen LogP contribution is 2.53. The molecule has 0 spiro atoms. The molecule has 162 valence electrons. The number of ether oxygens (including phenoxy) is 1. The summed E-state index contributed by atoms with van der Waals surface area (Å²) in [5.74, 6) is 1.20. The molecule has 2 heterocycles. The average Bonchev–Trinajstić information content (AvgIpc) is 3.47. The maximum atomic E-state index is 13.2. The van der Waals surface area contributed by atoms with E-state index in [1.807, 2.05) is 18.2 Å². The van der Waals surface area contributed by atoms with E-state index in [-0.39, 0.29) is 18.3 Å². The SMILES string of the molecule is O=C(COC(=O)c1ccc2c3c1[C@@H]1C=CC[C@@H]1CN3C[C@H]1CC=C[C@@H]21)c1ccc(Br)cc1. The summed E-state index contributed by atoms with van der Waals surface area (Å²) >= 11 is 3.37. The van der Waals surface area contributed by atoms with Gasteiger partial charge in [-0.25, -0.2) is 4.79 Å². The molecule has 0 amide bonds. The Bertz CT molecular complexity index is 1160. The van der Waals surface area contributed by atoms with Crippen LogP contribution in [-0.2, 0) is 4.74 Å². The molecule has 0 saturated heterocycles. The van der Waals surface area contributed by atoms with E-state index >= 15 is 0 Å². The molecule has 2 aromatic rings. The quantitative estimate of drug-likeness (QED) is 0.316. The molecule has 2 aromatic carbocycles. The fourth-order valence-corrected chi connectivity index (χ4v) is 6.25. The molecule has 0 bridgehead atoms. The number of allylic oxidation sites excluding steroid dienone is 4. The number of halogens is 1. The molecule has 4 atom stereocenters. The summed E-state index contributed by atoms with van der Waals surface area (Å²) < 4.78 is 6.45. The van der Waals surface area contributed by atoms with Gasteiger partial charge in [0, 0.05) is 40.6 Å². The predicted molar refractivity (Wildman–Crippen MR) is 127 cm³/mol. The van der Waals surface area contributed by atoms with Crippen LogP contribution in [0.25, 0.3) is 0 Å². The zero-order valence-corrected chi connectivity index (χ0v) is 19.3. The summed E-state index contributed by atoms with van der Waals surface area (Å²) in [5, 5.41) is 0. The summed E-state index contributed by atoms with van der Waals surface area (Å²) in [6.45, 7) is 1.83. The standard InChI is InChI=1S/C27H24BrNO3/c28-19-9-7-16(8-10-19)24(30)15-32-27(31)23-12-11-22-20-5-1-3-17(20)13-29-14-18-4-2-6-21(18)25(23)26(22)29/h1-2,5-12,17-18,20-21H,3-4,13-15H2/t17-,18-,20-,21-/m1/s1. The molecular formula is C27H24BrNO3. The van der Waals surface area contributed by atoms with Crippen LogP contribution in [0, 0.1) is 11.8 Å². The fourth-order valence-electron chi connectivity index (χ4n) is 5.99. The van der Waals surface area contributed by atoms with Gasteiger partial charge in [0.15, 0.2) is 12.4 Å². The number of benzene rings is 2. The van der Waals surface area contributed by atoms with Crippen molar-refractivity contribution in [2.75, 3.05) is 24.6 Å². The number of esters is 1. The lowest BCUT2D eigenvalue weighted by Gasteiger charge is -2.46. The Hall–Kier alpha value is -2.66. The van der Waals surface area contributed by atoms with Gasteiger partial charge in [0.1, 0.15) is 0 Å². The lowest BCUT2D eigenvalue weighted by Crippen LogP contribution is -2.44. The van der Waals surface area contributed by atoms with E-state index in [1.165, 1.54) is 11.3 Å². The molecule has 4 aliphatic rings. The van der Waals surface area contributed by atoms with Crippen LogP contribution in [0.3, 0.4) is 0 Å². The van der Waals surface area contributed by atoms with Crippen LogP contribution >= 0.6 is 15.9 Å². The number of hydrogen-bond donors (Lipinski definition) is 0. The summed E-state index contributed by atoms with van der Waals surface area (Å²) in [7, 11) is 0. The third-order valence-electron chi connectivity index (χ3n) is 7.47. The minimum atomic E-state index is -0.404. The van der Waals surface area contributed by atoms with Crippen LogP contribution in [-0.4, -0.2) is 31.4 Å². The molecule has 4 nitrogen and oxygen atoms in total. The second-order valence-electron chi connectivity index (χ2n) is 9.28. The Morgan fingerprint density at radius 2 is 1.62 bits per heavy atom. The van der Waals surface area contributed by atoms with Crippen LogP contribution in [0.2, 0.25) is 0 Å². The van der Waals surface area contributed by atoms with Crippen molar-refractivity contribution in [3.63, 3.8) is 0 Å². The van der Waals surface area contributed by atoms with Gasteiger partial charge in [0.05, 0.1) is 5.56 Å². The zero-order chi connectivity index (χ0) is 21.8. The predicted octanol–water partition coefficient (Wildman–Crippen LogP) is 5.64. The van der Waals surface area contributed by atoms with Crippen molar-refractivity contribution >= 4 is 33.4 Å². The van der Waals surface area contributed by atoms with Crippen molar-refractivity contribution < 1.29 is 14.3 Å². The third kappa shape index (κ3) is 3.17. The monoisotopic (exact) mass is 489 g/mol. The van der Waals surface area contributed by atoms with E-state index in [0.717, 1.165) is 36.0 Å². The lowest BCUT2D eigenvalue weighted by atomic mass is 9.73. The van der Waals surface area contributed by atoms with Crippen LogP contribution in [0.1, 0.15) is 56.5 Å². The highest BCUT2D eigenvalue weighted by molar-refractivity contribution is 9.10. The van der Waals surface area contributed by atoms with E-state index in [2.05, 4.69) is 51.2 Å². The number of nitrogens with zero attached hydrogens (tertiary/aromatic N) is 1. The molecule has 0 saturated carbocycles. The van der Waals surface area contributed by atoms with Crippen molar-refractivity contribution in [2.24, 2.45) is 11.8 Å². The Balaban J connectivity index is 1.33. The molecule has 0 N–H and O–H groups in total. The van der Waals surface area contributed by atoms with Gasteiger partial charge < -0.3 is 9.64 Å². The number of hydrogen-bond acceptors (Lipinski definition) is 4. The van der Waals surface area contributed by atoms with E-state index in [0.29, 0.717) is 28.9 Å². The van der Waals surface area contributed by atoms with Gasteiger partial charge >= 0.3 is 5.97 Å². The van der Waals surface area contributed by atoms with E-state index in [9.17, 15) is 9.59 Å². The highest BCUT2D eigenvalue weighted by Gasteiger charge is 2.44. The summed E-state index contributed by atoms with van der Waals surface area (Å²) in [6, 6.07) is 11.1. The Morgan fingerprint density at radius 3 is 2.38 bits per heavy atom. The van der Waals surface area contributed by atoms with Crippen LogP contribution in [0.4, 0.5) is 5.69 Å². The fraction of sp³-hybridized carbons (Fsp3) is 0.333. The van der Waals surface area contributed by atoms with Crippen molar-refractivity contribution in [2.45, 2.75) is 24.7 Å². The van der Waals surface area contributed by atoms with Gasteiger partial charge in [0.2, 0.25) is 0 Å². The maximum Gasteiger partial charge on any atom is 0.338 e. The lowest BCUT2D eigenvalue weighted by molar-refractivity contribution is 0.0473. The van der Waals surface area contributed by atoms with Crippen molar-refractivity contribution in [3.8, 4) is 0 Å². The maximum absolute atomic E-state index is 13.2. The summed E-state index contributed by atoms with van der Waals surface area (Å²) in [5.41, 5.74) is 4.83. The molecule has 0 radical (unpaired) electrons. The number of rotatable bonds is 4. The average molecular weight is 490 g/mol. The molecule has 2 aliphatic carbocycles. The molecular weight excluding hydrogens is 466 g/mol. The van der Waals surface area contributed by atoms with Crippen LogP contribution in [0.15, 0.2) is 65.2 Å². The molecule has 0 unspecified atom stereocenters. The van der Waals surface area contributed by atoms with Gasteiger partial charge in [-0.2, -0.15) is 0 Å². The molecule has 32 heavy (non-hydrogen) atoms. The number of Topliss-reactive ketones (excluding diaryl/α,β-unsaturated/α-hetero) is 1. The van der Waals surface area contributed by atoms with Gasteiger partial charge in [0.25, 0.3) is 0 Å². The van der Waals surface area contributed by atoms with Crippen molar-refractivity contribution in [1.82, 2.24) is 0 Å². The molecule has 6 rings (SSSR count). The van der Waals surface area contributed by atoms with Gasteiger partial charge in [-0.05, 0) is 54.0 Å². The van der Waals surface area contributed by atoms with Crippen LogP contribution < -0.4 is 4.90 Å². The first kappa shape index (κ1) is 20.0. The van der Waals surface area contributed by atoms with Gasteiger partial charge in [-0.15, -0.1) is 0 Å². The van der Waals surface area contributed by atoms with Crippen molar-refractivity contribution in [1.29, 1.82) is 0 Å². The smallest absolute Gasteiger partial charge is 0.338 e. The summed E-state index contributed by atoms with van der Waals surface area (Å²) in [4.78, 5) is 28.2. The number of fused-ring (bicyclic) bond motifs is 4. The Kier molecular flexibility index (Phi) is 4.83.